The number of aryl methyl sites for hydroxylation is 1. The third-order valence-electron chi connectivity index (χ3n) is 4.16. The van der Waals surface area contributed by atoms with Gasteiger partial charge in [0.1, 0.15) is 6.54 Å². The summed E-state index contributed by atoms with van der Waals surface area (Å²) in [6.07, 6.45) is -4.00. The molecule has 1 amide bonds. The van der Waals surface area contributed by atoms with E-state index in [2.05, 4.69) is 10.1 Å². The van der Waals surface area contributed by atoms with E-state index in [1.54, 1.807) is 13.0 Å². The summed E-state index contributed by atoms with van der Waals surface area (Å²) in [7, 11) is -3.00. The molecule has 0 aromatic heterocycles. The summed E-state index contributed by atoms with van der Waals surface area (Å²) in [5.41, 5.74) is -0.707. The first-order chi connectivity index (χ1) is 14.2. The summed E-state index contributed by atoms with van der Waals surface area (Å²) >= 11 is 5.93. The Morgan fingerprint density at radius 1 is 1.16 bits per heavy atom. The number of anilines is 2. The van der Waals surface area contributed by atoms with Crippen LogP contribution < -0.4 is 9.62 Å². The highest BCUT2D eigenvalue weighted by Crippen LogP contribution is 2.36. The van der Waals surface area contributed by atoms with Crippen molar-refractivity contribution >= 4 is 44.9 Å². The fraction of sp³-hybridized carbons (Fsp3) is 0.263. The van der Waals surface area contributed by atoms with E-state index in [1.807, 2.05) is 0 Å². The first-order valence-corrected chi connectivity index (χ1v) is 10.8. The minimum atomic E-state index is -4.74. The maximum atomic E-state index is 13.1. The zero-order valence-electron chi connectivity index (χ0n) is 16.6. The standard InChI is InChI=1S/C19H18ClF3N2O5S/c1-11-4-5-12(18(27)30-2)8-15(11)24-17(26)10-25(31(3,28)29)16-9-13(19(21,22)23)6-7-14(16)20/h4-9H,10H2,1-3H3,(H,24,26). The summed E-state index contributed by atoms with van der Waals surface area (Å²) < 4.78 is 68.7. The zero-order chi connectivity index (χ0) is 23.6. The molecule has 0 radical (unpaired) electrons. The van der Waals surface area contributed by atoms with Gasteiger partial charge in [-0.05, 0) is 42.8 Å². The molecule has 0 aliphatic carbocycles. The third kappa shape index (κ3) is 6.11. The first-order valence-electron chi connectivity index (χ1n) is 8.57. The van der Waals surface area contributed by atoms with Gasteiger partial charge in [0.05, 0.1) is 35.2 Å². The van der Waals surface area contributed by atoms with Gasteiger partial charge >= 0.3 is 12.1 Å². The summed E-state index contributed by atoms with van der Waals surface area (Å²) in [5.74, 6) is -1.51. The van der Waals surface area contributed by atoms with E-state index < -0.39 is 45.9 Å². The van der Waals surface area contributed by atoms with Gasteiger partial charge in [-0.25, -0.2) is 13.2 Å². The third-order valence-corrected chi connectivity index (χ3v) is 5.61. The molecular weight excluding hydrogens is 461 g/mol. The van der Waals surface area contributed by atoms with E-state index in [-0.39, 0.29) is 16.3 Å². The number of halogens is 4. The molecule has 0 atom stereocenters. The number of hydrogen-bond acceptors (Lipinski definition) is 5. The van der Waals surface area contributed by atoms with Gasteiger partial charge in [-0.1, -0.05) is 17.7 Å². The van der Waals surface area contributed by atoms with Crippen LogP contribution in [0.1, 0.15) is 21.5 Å². The lowest BCUT2D eigenvalue weighted by Crippen LogP contribution is -2.38. The van der Waals surface area contributed by atoms with Crippen molar-refractivity contribution < 1.29 is 35.9 Å². The quantitative estimate of drug-likeness (QED) is 0.636. The second-order valence-corrected chi connectivity index (χ2v) is 8.82. The van der Waals surface area contributed by atoms with Crippen LogP contribution in [-0.2, 0) is 25.7 Å². The predicted octanol–water partition coefficient (Wildman–Crippen LogP) is 3.86. The average Bonchev–Trinajstić information content (AvgIpc) is 2.66. The molecule has 2 rings (SSSR count). The second-order valence-electron chi connectivity index (χ2n) is 6.50. The maximum Gasteiger partial charge on any atom is 0.416 e. The number of amides is 1. The number of sulfonamides is 1. The fourth-order valence-corrected chi connectivity index (χ4v) is 3.71. The van der Waals surface area contributed by atoms with E-state index in [9.17, 15) is 31.2 Å². The van der Waals surface area contributed by atoms with Crippen LogP contribution in [0.3, 0.4) is 0 Å². The Morgan fingerprint density at radius 3 is 2.35 bits per heavy atom. The van der Waals surface area contributed by atoms with Crippen molar-refractivity contribution in [3.8, 4) is 0 Å². The molecule has 168 valence electrons. The van der Waals surface area contributed by atoms with Crippen LogP contribution in [0.15, 0.2) is 36.4 Å². The summed E-state index contributed by atoms with van der Waals surface area (Å²) in [5, 5.41) is 2.17. The van der Waals surface area contributed by atoms with Crippen LogP contribution in [0, 0.1) is 6.92 Å². The largest absolute Gasteiger partial charge is 0.465 e. The fourth-order valence-electron chi connectivity index (χ4n) is 2.58. The van der Waals surface area contributed by atoms with Gasteiger partial charge in [0.25, 0.3) is 0 Å². The highest BCUT2D eigenvalue weighted by molar-refractivity contribution is 7.92. The van der Waals surface area contributed by atoms with Crippen LogP contribution in [0.2, 0.25) is 5.02 Å². The normalized spacial score (nSPS) is 11.7. The molecule has 0 spiro atoms. The Balaban J connectivity index is 2.38. The minimum Gasteiger partial charge on any atom is -0.465 e. The smallest absolute Gasteiger partial charge is 0.416 e. The number of alkyl halides is 3. The van der Waals surface area contributed by atoms with E-state index >= 15 is 0 Å². The minimum absolute atomic E-state index is 0.143. The number of methoxy groups -OCH3 is 1. The van der Waals surface area contributed by atoms with Crippen molar-refractivity contribution in [2.75, 3.05) is 29.5 Å². The van der Waals surface area contributed by atoms with Gasteiger partial charge in [0.15, 0.2) is 0 Å². The molecule has 31 heavy (non-hydrogen) atoms. The Labute approximate surface area is 181 Å². The van der Waals surface area contributed by atoms with Gasteiger partial charge in [-0.2, -0.15) is 13.2 Å². The van der Waals surface area contributed by atoms with Crippen molar-refractivity contribution in [3.05, 3.63) is 58.1 Å². The summed E-state index contributed by atoms with van der Waals surface area (Å²) in [4.78, 5) is 24.2. The number of nitrogens with one attached hydrogen (secondary N) is 1. The van der Waals surface area contributed by atoms with Crippen LogP contribution in [-0.4, -0.2) is 40.2 Å². The average molecular weight is 479 g/mol. The molecule has 0 unspecified atom stereocenters. The van der Waals surface area contributed by atoms with Crippen LogP contribution in [0.5, 0.6) is 0 Å². The molecule has 0 fully saturated rings. The highest BCUT2D eigenvalue weighted by Gasteiger charge is 2.33. The number of esters is 1. The topological polar surface area (TPSA) is 92.8 Å². The van der Waals surface area contributed by atoms with Crippen LogP contribution in [0.4, 0.5) is 24.5 Å². The molecule has 0 saturated carbocycles. The molecular formula is C19H18ClF3N2O5S. The monoisotopic (exact) mass is 478 g/mol. The second kappa shape index (κ2) is 9.15. The Bertz CT molecular complexity index is 1120. The summed E-state index contributed by atoms with van der Waals surface area (Å²) in [6, 6.07) is 6.51. The molecule has 0 bridgehead atoms. The molecule has 12 heteroatoms. The number of carbonyl (C=O) groups is 2. The number of rotatable bonds is 6. The Morgan fingerprint density at radius 2 is 1.81 bits per heavy atom. The highest BCUT2D eigenvalue weighted by atomic mass is 35.5. The van der Waals surface area contributed by atoms with Gasteiger partial charge in [-0.3, -0.25) is 9.10 Å². The molecule has 1 N–H and O–H groups in total. The van der Waals surface area contributed by atoms with Crippen molar-refractivity contribution in [1.82, 2.24) is 0 Å². The van der Waals surface area contributed by atoms with Crippen molar-refractivity contribution in [2.45, 2.75) is 13.1 Å². The molecule has 0 saturated heterocycles. The molecule has 0 heterocycles. The maximum absolute atomic E-state index is 13.1. The zero-order valence-corrected chi connectivity index (χ0v) is 18.2. The number of carbonyl (C=O) groups excluding carboxylic acids is 2. The predicted molar refractivity (Wildman–Crippen MR) is 110 cm³/mol. The van der Waals surface area contributed by atoms with Crippen LogP contribution >= 0.6 is 11.6 Å². The SMILES string of the molecule is COC(=O)c1ccc(C)c(NC(=O)CN(c2cc(C(F)(F)F)ccc2Cl)S(C)(=O)=O)c1. The molecule has 0 aliphatic rings. The number of nitrogens with zero attached hydrogens (tertiary/aromatic N) is 1. The van der Waals surface area contributed by atoms with Gasteiger partial charge in [-0.15, -0.1) is 0 Å². The Hall–Kier alpha value is -2.79. The molecule has 2 aromatic rings. The molecule has 0 aliphatic heterocycles. The first kappa shape index (κ1) is 24.5. The van der Waals surface area contributed by atoms with Gasteiger partial charge in [0.2, 0.25) is 15.9 Å². The molecule has 2 aromatic carbocycles. The van der Waals surface area contributed by atoms with Gasteiger partial charge < -0.3 is 10.1 Å². The molecule has 7 nitrogen and oxygen atoms in total. The van der Waals surface area contributed by atoms with E-state index in [1.165, 1.54) is 19.2 Å². The van der Waals surface area contributed by atoms with E-state index in [4.69, 9.17) is 11.6 Å². The van der Waals surface area contributed by atoms with E-state index in [0.29, 0.717) is 22.0 Å². The summed E-state index contributed by atoms with van der Waals surface area (Å²) in [6.45, 7) is 0.788. The number of hydrogen-bond donors (Lipinski definition) is 1. The lowest BCUT2D eigenvalue weighted by molar-refractivity contribution is -0.137. The van der Waals surface area contributed by atoms with Crippen LogP contribution in [0.25, 0.3) is 0 Å². The van der Waals surface area contributed by atoms with Crippen molar-refractivity contribution in [2.24, 2.45) is 0 Å². The number of benzene rings is 2. The number of ether oxygens (including phenoxy) is 1. The van der Waals surface area contributed by atoms with Gasteiger partial charge in [0, 0.05) is 5.69 Å². The van der Waals surface area contributed by atoms with Crippen molar-refractivity contribution in [3.63, 3.8) is 0 Å². The van der Waals surface area contributed by atoms with Crippen molar-refractivity contribution in [1.29, 1.82) is 0 Å². The lowest BCUT2D eigenvalue weighted by atomic mass is 10.1. The Kier molecular flexibility index (Phi) is 7.22. The lowest BCUT2D eigenvalue weighted by Gasteiger charge is -2.24. The van der Waals surface area contributed by atoms with E-state index in [0.717, 1.165) is 12.3 Å².